The van der Waals surface area contributed by atoms with Crippen LogP contribution in [0, 0.1) is 0 Å². The van der Waals surface area contributed by atoms with E-state index in [9.17, 15) is 13.6 Å². The number of halogens is 3. The number of carbonyl (C=O) groups excluding carboxylic acids is 1. The summed E-state index contributed by atoms with van der Waals surface area (Å²) >= 11 is 5.87. The van der Waals surface area contributed by atoms with Gasteiger partial charge in [-0.2, -0.15) is 13.9 Å². The zero-order valence-corrected chi connectivity index (χ0v) is 11.1. The summed E-state index contributed by atoms with van der Waals surface area (Å²) in [5.74, 6) is -0.0722. The van der Waals surface area contributed by atoms with E-state index in [1.165, 1.54) is 29.1 Å². The second kappa shape index (κ2) is 5.87. The molecule has 0 saturated heterocycles. The number of benzene rings is 1. The molecule has 0 spiro atoms. The zero-order valence-electron chi connectivity index (χ0n) is 10.3. The van der Waals surface area contributed by atoms with Crippen molar-refractivity contribution in [1.29, 1.82) is 0 Å². The van der Waals surface area contributed by atoms with E-state index in [0.29, 0.717) is 17.1 Å². The second-order valence-corrected chi connectivity index (χ2v) is 4.28. The number of amides is 1. The molecule has 0 radical (unpaired) electrons. The van der Waals surface area contributed by atoms with Gasteiger partial charge in [0.05, 0.1) is 5.69 Å². The Morgan fingerprint density at radius 3 is 2.90 bits per heavy atom. The molecule has 2 rings (SSSR count). The van der Waals surface area contributed by atoms with Crippen molar-refractivity contribution < 1.29 is 18.3 Å². The molecule has 106 valence electrons. The molecular formula is C12H10ClF2N3O2. The number of hydrogen-bond acceptors (Lipinski definition) is 3. The maximum Gasteiger partial charge on any atom is 0.387 e. The van der Waals surface area contributed by atoms with E-state index in [1.54, 1.807) is 7.05 Å². The van der Waals surface area contributed by atoms with E-state index in [4.69, 9.17) is 11.6 Å². The minimum Gasteiger partial charge on any atom is -0.434 e. The SMILES string of the molecule is Cn1cc(NC=O)c(-c2cc(Cl)ccc2OC(F)F)n1. The Bertz CT molecular complexity index is 631. The molecule has 0 aliphatic heterocycles. The molecule has 2 aromatic rings. The first-order valence-electron chi connectivity index (χ1n) is 5.50. The summed E-state index contributed by atoms with van der Waals surface area (Å²) in [5, 5.41) is 6.90. The minimum absolute atomic E-state index is 0.0722. The second-order valence-electron chi connectivity index (χ2n) is 3.85. The minimum atomic E-state index is -2.97. The number of alkyl halides is 2. The maximum atomic E-state index is 12.4. The lowest BCUT2D eigenvalue weighted by atomic mass is 10.1. The van der Waals surface area contributed by atoms with Crippen LogP contribution in [0.2, 0.25) is 5.02 Å². The number of aromatic nitrogens is 2. The van der Waals surface area contributed by atoms with Crippen LogP contribution in [-0.2, 0) is 11.8 Å². The van der Waals surface area contributed by atoms with Gasteiger partial charge in [-0.3, -0.25) is 9.48 Å². The fraction of sp³-hybridized carbons (Fsp3) is 0.167. The van der Waals surface area contributed by atoms with Crippen molar-refractivity contribution in [2.24, 2.45) is 7.05 Å². The third-order valence-electron chi connectivity index (χ3n) is 2.46. The van der Waals surface area contributed by atoms with E-state index >= 15 is 0 Å². The van der Waals surface area contributed by atoms with Crippen molar-refractivity contribution in [3.63, 3.8) is 0 Å². The lowest BCUT2D eigenvalue weighted by Crippen LogP contribution is -2.04. The van der Waals surface area contributed by atoms with Crippen LogP contribution in [0.4, 0.5) is 14.5 Å². The lowest BCUT2D eigenvalue weighted by molar-refractivity contribution is -0.105. The summed E-state index contributed by atoms with van der Waals surface area (Å²) in [4.78, 5) is 10.6. The number of ether oxygens (including phenoxy) is 1. The molecule has 8 heteroatoms. The highest BCUT2D eigenvalue weighted by molar-refractivity contribution is 6.31. The molecular weight excluding hydrogens is 292 g/mol. The van der Waals surface area contributed by atoms with Crippen molar-refractivity contribution >= 4 is 23.7 Å². The van der Waals surface area contributed by atoms with Crippen molar-refractivity contribution in [3.05, 3.63) is 29.4 Å². The van der Waals surface area contributed by atoms with Gasteiger partial charge in [0.1, 0.15) is 11.4 Å². The molecule has 1 N–H and O–H groups in total. The summed E-state index contributed by atoms with van der Waals surface area (Å²) in [6.07, 6.45) is 2.01. The van der Waals surface area contributed by atoms with Crippen molar-refractivity contribution in [2.75, 3.05) is 5.32 Å². The van der Waals surface area contributed by atoms with Gasteiger partial charge < -0.3 is 10.1 Å². The number of carbonyl (C=O) groups is 1. The van der Waals surface area contributed by atoms with E-state index in [-0.39, 0.29) is 17.0 Å². The monoisotopic (exact) mass is 301 g/mol. The van der Waals surface area contributed by atoms with Gasteiger partial charge in [-0.25, -0.2) is 0 Å². The van der Waals surface area contributed by atoms with Crippen molar-refractivity contribution in [1.82, 2.24) is 9.78 Å². The number of rotatable bonds is 5. The van der Waals surface area contributed by atoms with Crippen LogP contribution in [0.3, 0.4) is 0 Å². The van der Waals surface area contributed by atoms with Crippen LogP contribution in [-0.4, -0.2) is 22.8 Å². The molecule has 0 fully saturated rings. The molecule has 5 nitrogen and oxygen atoms in total. The number of hydrogen-bond donors (Lipinski definition) is 1. The standard InChI is InChI=1S/C12H10ClF2N3O2/c1-18-5-9(16-6-19)11(17-18)8-4-7(13)2-3-10(8)20-12(14)15/h2-6,12H,1H3,(H,16,19). The summed E-state index contributed by atoms with van der Waals surface area (Å²) in [6.45, 7) is -2.97. The zero-order chi connectivity index (χ0) is 14.7. The summed E-state index contributed by atoms with van der Waals surface area (Å²) < 4.78 is 30.7. The number of nitrogens with one attached hydrogen (secondary N) is 1. The molecule has 0 saturated carbocycles. The lowest BCUT2D eigenvalue weighted by Gasteiger charge is -2.10. The molecule has 1 amide bonds. The average molecular weight is 302 g/mol. The van der Waals surface area contributed by atoms with Crippen LogP contribution in [0.25, 0.3) is 11.3 Å². The van der Waals surface area contributed by atoms with Gasteiger partial charge in [-0.15, -0.1) is 0 Å². The van der Waals surface area contributed by atoms with Gasteiger partial charge >= 0.3 is 6.61 Å². The quantitative estimate of drug-likeness (QED) is 0.864. The third kappa shape index (κ3) is 3.05. The Morgan fingerprint density at radius 1 is 1.50 bits per heavy atom. The van der Waals surface area contributed by atoms with Gasteiger partial charge in [0.25, 0.3) is 0 Å². The Morgan fingerprint density at radius 2 is 2.25 bits per heavy atom. The van der Waals surface area contributed by atoms with Crippen LogP contribution < -0.4 is 10.1 Å². The molecule has 1 aromatic heterocycles. The number of aryl methyl sites for hydroxylation is 1. The maximum absolute atomic E-state index is 12.4. The van der Waals surface area contributed by atoms with Gasteiger partial charge in [-0.1, -0.05) is 11.6 Å². The fourth-order valence-electron chi connectivity index (χ4n) is 1.74. The Labute approximate surface area is 118 Å². The largest absolute Gasteiger partial charge is 0.434 e. The van der Waals surface area contributed by atoms with Crippen LogP contribution >= 0.6 is 11.6 Å². The van der Waals surface area contributed by atoms with Gasteiger partial charge in [0.2, 0.25) is 6.41 Å². The van der Waals surface area contributed by atoms with Gasteiger partial charge in [-0.05, 0) is 18.2 Å². The molecule has 0 aliphatic rings. The molecule has 20 heavy (non-hydrogen) atoms. The fourth-order valence-corrected chi connectivity index (χ4v) is 1.91. The predicted octanol–water partition coefficient (Wildman–Crippen LogP) is 2.91. The molecule has 1 aromatic carbocycles. The Balaban J connectivity index is 2.55. The highest BCUT2D eigenvalue weighted by Gasteiger charge is 2.17. The van der Waals surface area contributed by atoms with E-state index in [1.807, 2.05) is 0 Å². The third-order valence-corrected chi connectivity index (χ3v) is 2.69. The molecule has 0 unspecified atom stereocenters. The van der Waals surface area contributed by atoms with Crippen molar-refractivity contribution in [3.8, 4) is 17.0 Å². The highest BCUT2D eigenvalue weighted by Crippen LogP contribution is 2.36. The first-order valence-corrected chi connectivity index (χ1v) is 5.87. The van der Waals surface area contributed by atoms with Gasteiger partial charge in [0, 0.05) is 23.8 Å². The number of nitrogens with zero attached hydrogens (tertiary/aromatic N) is 2. The first kappa shape index (κ1) is 14.3. The molecule has 1 heterocycles. The predicted molar refractivity (Wildman–Crippen MR) is 70.0 cm³/mol. The topological polar surface area (TPSA) is 56.2 Å². The summed E-state index contributed by atoms with van der Waals surface area (Å²) in [6, 6.07) is 4.19. The molecule has 0 aliphatic carbocycles. The highest BCUT2D eigenvalue weighted by atomic mass is 35.5. The Hall–Kier alpha value is -2.15. The van der Waals surface area contributed by atoms with Crippen LogP contribution in [0.1, 0.15) is 0 Å². The molecule has 0 bridgehead atoms. The Kier molecular flexibility index (Phi) is 4.19. The average Bonchev–Trinajstić information content (AvgIpc) is 2.72. The summed E-state index contributed by atoms with van der Waals surface area (Å²) in [5.41, 5.74) is 0.921. The number of anilines is 1. The van der Waals surface area contributed by atoms with Crippen LogP contribution in [0.15, 0.2) is 24.4 Å². The smallest absolute Gasteiger partial charge is 0.387 e. The normalized spacial score (nSPS) is 10.7. The van der Waals surface area contributed by atoms with E-state index < -0.39 is 6.61 Å². The summed E-state index contributed by atoms with van der Waals surface area (Å²) in [7, 11) is 1.64. The van der Waals surface area contributed by atoms with Crippen molar-refractivity contribution in [2.45, 2.75) is 6.61 Å². The molecule has 0 atom stereocenters. The van der Waals surface area contributed by atoms with Gasteiger partial charge in [0.15, 0.2) is 0 Å². The van der Waals surface area contributed by atoms with E-state index in [0.717, 1.165) is 0 Å². The van der Waals surface area contributed by atoms with E-state index in [2.05, 4.69) is 15.2 Å². The first-order chi connectivity index (χ1) is 9.51. The van der Waals surface area contributed by atoms with Crippen LogP contribution in [0.5, 0.6) is 5.75 Å².